The standard InChI is InChI=1S/C15H24N2O4S.ClH/c1-4-5-6-13(10-16)17-22(19,20)14-9-12(15(18)21-3)8-7-11(14)2;/h7-9,13,17H,4-6,10,16H2,1-3H3;1H. The predicted molar refractivity (Wildman–Crippen MR) is 92.5 cm³/mol. The number of sulfonamides is 1. The van der Waals surface area contributed by atoms with Gasteiger partial charge in [-0.1, -0.05) is 25.8 Å². The summed E-state index contributed by atoms with van der Waals surface area (Å²) in [5.74, 6) is -0.571. The van der Waals surface area contributed by atoms with E-state index in [2.05, 4.69) is 9.46 Å². The third-order valence-corrected chi connectivity index (χ3v) is 5.07. The number of unbranched alkanes of at least 4 members (excludes halogenated alkanes) is 1. The van der Waals surface area contributed by atoms with Crippen LogP contribution in [0.1, 0.15) is 42.1 Å². The molecule has 0 aromatic heterocycles. The summed E-state index contributed by atoms with van der Waals surface area (Å²) in [6.07, 6.45) is 2.54. The van der Waals surface area contributed by atoms with Crippen molar-refractivity contribution in [3.05, 3.63) is 29.3 Å². The molecule has 0 heterocycles. The number of ether oxygens (including phenoxy) is 1. The zero-order valence-electron chi connectivity index (χ0n) is 13.7. The highest BCUT2D eigenvalue weighted by molar-refractivity contribution is 7.89. The van der Waals surface area contributed by atoms with Gasteiger partial charge in [-0.05, 0) is 31.0 Å². The van der Waals surface area contributed by atoms with Gasteiger partial charge in [-0.25, -0.2) is 17.9 Å². The molecule has 3 N–H and O–H groups in total. The third kappa shape index (κ3) is 6.10. The molecule has 1 unspecified atom stereocenters. The molecule has 0 radical (unpaired) electrons. The minimum absolute atomic E-state index is 0. The molecule has 132 valence electrons. The molecule has 0 aliphatic rings. The quantitative estimate of drug-likeness (QED) is 0.687. The van der Waals surface area contributed by atoms with E-state index in [9.17, 15) is 13.2 Å². The molecule has 1 rings (SSSR count). The van der Waals surface area contributed by atoms with Crippen molar-refractivity contribution in [2.75, 3.05) is 13.7 Å². The number of hydrogen-bond acceptors (Lipinski definition) is 5. The van der Waals surface area contributed by atoms with Crippen LogP contribution in [0.5, 0.6) is 0 Å². The average Bonchev–Trinajstić information content (AvgIpc) is 2.50. The van der Waals surface area contributed by atoms with E-state index in [0.29, 0.717) is 12.0 Å². The molecular formula is C15H25ClN2O4S. The Balaban J connectivity index is 0.00000484. The minimum Gasteiger partial charge on any atom is -0.465 e. The Morgan fingerprint density at radius 2 is 2.04 bits per heavy atom. The lowest BCUT2D eigenvalue weighted by molar-refractivity contribution is 0.0600. The number of nitrogens with one attached hydrogen (secondary N) is 1. The number of halogens is 1. The van der Waals surface area contributed by atoms with Crippen LogP contribution in [0.2, 0.25) is 0 Å². The van der Waals surface area contributed by atoms with E-state index in [1.54, 1.807) is 13.0 Å². The summed E-state index contributed by atoms with van der Waals surface area (Å²) in [7, 11) is -2.48. The topological polar surface area (TPSA) is 98.5 Å². The summed E-state index contributed by atoms with van der Waals surface area (Å²) in [5.41, 5.74) is 6.40. The Hall–Kier alpha value is -1.15. The first kappa shape index (κ1) is 21.9. The van der Waals surface area contributed by atoms with E-state index < -0.39 is 16.0 Å². The average molecular weight is 365 g/mol. The summed E-state index contributed by atoms with van der Waals surface area (Å²) < 4.78 is 32.3. The second kappa shape index (κ2) is 9.87. The Labute approximate surface area is 144 Å². The fourth-order valence-electron chi connectivity index (χ4n) is 2.09. The van der Waals surface area contributed by atoms with Gasteiger partial charge < -0.3 is 10.5 Å². The molecule has 0 amide bonds. The van der Waals surface area contributed by atoms with E-state index in [1.165, 1.54) is 19.2 Å². The molecule has 0 saturated heterocycles. The molecule has 0 saturated carbocycles. The highest BCUT2D eigenvalue weighted by Crippen LogP contribution is 2.18. The van der Waals surface area contributed by atoms with Gasteiger partial charge in [0.2, 0.25) is 10.0 Å². The zero-order valence-corrected chi connectivity index (χ0v) is 15.3. The van der Waals surface area contributed by atoms with Gasteiger partial charge in [-0.2, -0.15) is 0 Å². The van der Waals surface area contributed by atoms with Crippen molar-refractivity contribution in [3.63, 3.8) is 0 Å². The Bertz CT molecular complexity index is 620. The monoisotopic (exact) mass is 364 g/mol. The Kier molecular flexibility index (Phi) is 9.38. The van der Waals surface area contributed by atoms with E-state index in [1.807, 2.05) is 6.92 Å². The smallest absolute Gasteiger partial charge is 0.337 e. The highest BCUT2D eigenvalue weighted by atomic mass is 35.5. The maximum absolute atomic E-state index is 12.5. The van der Waals surface area contributed by atoms with Gasteiger partial charge in [0.15, 0.2) is 0 Å². The highest BCUT2D eigenvalue weighted by Gasteiger charge is 2.22. The summed E-state index contributed by atoms with van der Waals surface area (Å²) in [5, 5.41) is 0. The Morgan fingerprint density at radius 3 is 2.57 bits per heavy atom. The van der Waals surface area contributed by atoms with Gasteiger partial charge in [0.1, 0.15) is 0 Å². The summed E-state index contributed by atoms with van der Waals surface area (Å²) in [4.78, 5) is 11.6. The molecule has 8 heteroatoms. The number of methoxy groups -OCH3 is 1. The maximum atomic E-state index is 12.5. The SMILES string of the molecule is CCCCC(CN)NS(=O)(=O)c1cc(C(=O)OC)ccc1C.Cl. The number of carbonyl (C=O) groups excluding carboxylic acids is 1. The first-order valence-electron chi connectivity index (χ1n) is 7.27. The van der Waals surface area contributed by atoms with Gasteiger partial charge in [-0.15, -0.1) is 12.4 Å². The van der Waals surface area contributed by atoms with E-state index >= 15 is 0 Å². The normalized spacial score (nSPS) is 12.3. The summed E-state index contributed by atoms with van der Waals surface area (Å²) in [6, 6.07) is 4.14. The lowest BCUT2D eigenvalue weighted by Crippen LogP contribution is -2.40. The lowest BCUT2D eigenvalue weighted by Gasteiger charge is -2.18. The largest absolute Gasteiger partial charge is 0.465 e. The van der Waals surface area contributed by atoms with Crippen LogP contribution in [-0.4, -0.2) is 34.1 Å². The number of nitrogens with two attached hydrogens (primary N) is 1. The molecule has 0 aliphatic heterocycles. The van der Waals surface area contributed by atoms with E-state index in [4.69, 9.17) is 5.73 Å². The second-order valence-corrected chi connectivity index (χ2v) is 6.85. The van der Waals surface area contributed by atoms with Crippen LogP contribution in [0.4, 0.5) is 0 Å². The predicted octanol–water partition coefficient (Wildman–Crippen LogP) is 2.00. The van der Waals surface area contributed by atoms with Crippen molar-refractivity contribution in [1.82, 2.24) is 4.72 Å². The molecule has 1 aromatic carbocycles. The first-order chi connectivity index (χ1) is 10.4. The van der Waals surface area contributed by atoms with Crippen molar-refractivity contribution < 1.29 is 17.9 Å². The van der Waals surface area contributed by atoms with Crippen molar-refractivity contribution in [2.45, 2.75) is 44.0 Å². The number of hydrogen-bond donors (Lipinski definition) is 2. The van der Waals surface area contributed by atoms with Gasteiger partial charge in [0.05, 0.1) is 17.6 Å². The van der Waals surface area contributed by atoms with Crippen molar-refractivity contribution >= 4 is 28.4 Å². The number of carbonyl (C=O) groups is 1. The third-order valence-electron chi connectivity index (χ3n) is 3.41. The van der Waals surface area contributed by atoms with E-state index in [0.717, 1.165) is 12.8 Å². The molecule has 1 atom stereocenters. The van der Waals surface area contributed by atoms with Crippen LogP contribution in [0, 0.1) is 6.92 Å². The van der Waals surface area contributed by atoms with Crippen molar-refractivity contribution in [3.8, 4) is 0 Å². The number of benzene rings is 1. The van der Waals surface area contributed by atoms with Crippen LogP contribution < -0.4 is 10.5 Å². The minimum atomic E-state index is -3.73. The molecule has 0 aliphatic carbocycles. The van der Waals surface area contributed by atoms with Crippen LogP contribution in [-0.2, 0) is 14.8 Å². The van der Waals surface area contributed by atoms with Crippen molar-refractivity contribution in [2.24, 2.45) is 5.73 Å². The number of rotatable bonds is 8. The fourth-order valence-corrected chi connectivity index (χ4v) is 3.65. The van der Waals surface area contributed by atoms with Crippen LogP contribution in [0.15, 0.2) is 23.1 Å². The van der Waals surface area contributed by atoms with Crippen molar-refractivity contribution in [1.29, 1.82) is 0 Å². The zero-order chi connectivity index (χ0) is 16.8. The molecule has 0 spiro atoms. The number of esters is 1. The maximum Gasteiger partial charge on any atom is 0.337 e. The number of aryl methyl sites for hydroxylation is 1. The molecule has 0 fully saturated rings. The molecule has 23 heavy (non-hydrogen) atoms. The van der Waals surface area contributed by atoms with Gasteiger partial charge in [-0.3, -0.25) is 0 Å². The summed E-state index contributed by atoms with van der Waals surface area (Å²) >= 11 is 0. The summed E-state index contributed by atoms with van der Waals surface area (Å²) in [6.45, 7) is 3.94. The Morgan fingerprint density at radius 1 is 1.39 bits per heavy atom. The fraction of sp³-hybridized carbons (Fsp3) is 0.533. The molecule has 6 nitrogen and oxygen atoms in total. The molecular weight excluding hydrogens is 340 g/mol. The van der Waals surface area contributed by atoms with Gasteiger partial charge in [0.25, 0.3) is 0 Å². The van der Waals surface area contributed by atoms with E-state index in [-0.39, 0.29) is 35.5 Å². The second-order valence-electron chi connectivity index (χ2n) is 5.17. The first-order valence-corrected chi connectivity index (χ1v) is 8.75. The van der Waals surface area contributed by atoms with Gasteiger partial charge >= 0.3 is 5.97 Å². The van der Waals surface area contributed by atoms with Crippen LogP contribution >= 0.6 is 12.4 Å². The van der Waals surface area contributed by atoms with Crippen LogP contribution in [0.3, 0.4) is 0 Å². The molecule has 1 aromatic rings. The van der Waals surface area contributed by atoms with Crippen LogP contribution in [0.25, 0.3) is 0 Å². The molecule has 0 bridgehead atoms. The lowest BCUT2D eigenvalue weighted by atomic mass is 10.1. The van der Waals surface area contributed by atoms with Gasteiger partial charge in [0, 0.05) is 12.6 Å².